The third kappa shape index (κ3) is 7.06. The SMILES string of the molecule is C=C(C)C(=O)OC=CCCC=CC. The van der Waals surface area contributed by atoms with Gasteiger partial charge in [-0.1, -0.05) is 18.7 Å². The van der Waals surface area contributed by atoms with Crippen molar-refractivity contribution in [3.05, 3.63) is 36.6 Å². The number of carbonyl (C=O) groups is 1. The third-order valence-electron chi connectivity index (χ3n) is 1.36. The summed E-state index contributed by atoms with van der Waals surface area (Å²) in [4.78, 5) is 10.8. The van der Waals surface area contributed by atoms with Gasteiger partial charge in [-0.25, -0.2) is 4.79 Å². The first-order valence-electron chi connectivity index (χ1n) is 4.31. The summed E-state index contributed by atoms with van der Waals surface area (Å²) >= 11 is 0. The van der Waals surface area contributed by atoms with E-state index in [0.29, 0.717) is 5.57 Å². The molecule has 0 rings (SSSR count). The van der Waals surface area contributed by atoms with Gasteiger partial charge in [-0.05, 0) is 32.8 Å². The van der Waals surface area contributed by atoms with Crippen LogP contribution < -0.4 is 0 Å². The van der Waals surface area contributed by atoms with E-state index in [4.69, 9.17) is 4.74 Å². The molecule has 0 aromatic heterocycles. The summed E-state index contributed by atoms with van der Waals surface area (Å²) in [7, 11) is 0. The van der Waals surface area contributed by atoms with Crippen molar-refractivity contribution in [2.75, 3.05) is 0 Å². The van der Waals surface area contributed by atoms with Gasteiger partial charge < -0.3 is 4.74 Å². The Balaban J connectivity index is 3.52. The van der Waals surface area contributed by atoms with Gasteiger partial charge in [0, 0.05) is 5.57 Å². The Hall–Kier alpha value is -1.31. The molecule has 2 heteroatoms. The van der Waals surface area contributed by atoms with Crippen LogP contribution in [0.5, 0.6) is 0 Å². The molecule has 13 heavy (non-hydrogen) atoms. The van der Waals surface area contributed by atoms with Crippen molar-refractivity contribution in [2.24, 2.45) is 0 Å². The summed E-state index contributed by atoms with van der Waals surface area (Å²) < 4.78 is 4.74. The Morgan fingerprint density at radius 3 is 2.54 bits per heavy atom. The Kier molecular flexibility index (Phi) is 6.60. The van der Waals surface area contributed by atoms with Gasteiger partial charge in [-0.15, -0.1) is 0 Å². The van der Waals surface area contributed by atoms with E-state index in [0.717, 1.165) is 12.8 Å². The minimum atomic E-state index is -0.373. The Morgan fingerprint density at radius 2 is 2.00 bits per heavy atom. The first-order chi connectivity index (χ1) is 6.18. The van der Waals surface area contributed by atoms with Crippen LogP contribution in [0.4, 0.5) is 0 Å². The van der Waals surface area contributed by atoms with Crippen LogP contribution in [0, 0.1) is 0 Å². The maximum Gasteiger partial charge on any atom is 0.337 e. The maximum absolute atomic E-state index is 10.8. The fourth-order valence-electron chi connectivity index (χ4n) is 0.638. The molecule has 72 valence electrons. The molecule has 2 nitrogen and oxygen atoms in total. The molecule has 0 radical (unpaired) electrons. The second kappa shape index (κ2) is 7.35. The molecule has 0 aliphatic heterocycles. The average Bonchev–Trinajstić information content (AvgIpc) is 2.10. The zero-order chi connectivity index (χ0) is 10.1. The smallest absolute Gasteiger partial charge is 0.337 e. The zero-order valence-corrected chi connectivity index (χ0v) is 8.25. The number of rotatable bonds is 5. The molecule has 0 aliphatic rings. The van der Waals surface area contributed by atoms with Crippen LogP contribution in [0.25, 0.3) is 0 Å². The molecule has 0 spiro atoms. The highest BCUT2D eigenvalue weighted by atomic mass is 16.5. The summed E-state index contributed by atoms with van der Waals surface area (Å²) in [6.45, 7) is 7.06. The first-order valence-corrected chi connectivity index (χ1v) is 4.31. The topological polar surface area (TPSA) is 26.3 Å². The van der Waals surface area contributed by atoms with Gasteiger partial charge in [0.1, 0.15) is 0 Å². The van der Waals surface area contributed by atoms with Gasteiger partial charge in [-0.2, -0.15) is 0 Å². The summed E-state index contributed by atoms with van der Waals surface area (Å²) in [6.07, 6.45) is 9.14. The molecule has 0 atom stereocenters. The predicted octanol–water partition coefficient (Wildman–Crippen LogP) is 2.98. The molecule has 0 saturated heterocycles. The normalized spacial score (nSPS) is 10.9. The fraction of sp³-hybridized carbons (Fsp3) is 0.364. The standard InChI is InChI=1S/C11H16O2/c1-4-5-6-7-8-9-13-11(12)10(2)3/h4-5,8-9H,2,6-7H2,1,3H3. The van der Waals surface area contributed by atoms with Crippen LogP contribution in [-0.4, -0.2) is 5.97 Å². The van der Waals surface area contributed by atoms with Crippen LogP contribution in [0.3, 0.4) is 0 Å². The highest BCUT2D eigenvalue weighted by Crippen LogP contribution is 1.96. The molecule has 0 saturated carbocycles. The van der Waals surface area contributed by atoms with E-state index in [9.17, 15) is 4.79 Å². The van der Waals surface area contributed by atoms with E-state index >= 15 is 0 Å². The van der Waals surface area contributed by atoms with Crippen molar-refractivity contribution in [3.8, 4) is 0 Å². The van der Waals surface area contributed by atoms with Crippen LogP contribution in [-0.2, 0) is 9.53 Å². The van der Waals surface area contributed by atoms with Crippen LogP contribution in [0.1, 0.15) is 26.7 Å². The van der Waals surface area contributed by atoms with Crippen molar-refractivity contribution in [2.45, 2.75) is 26.7 Å². The largest absolute Gasteiger partial charge is 0.431 e. The van der Waals surface area contributed by atoms with Crippen LogP contribution in [0.15, 0.2) is 36.6 Å². The molecule has 0 amide bonds. The lowest BCUT2D eigenvalue weighted by atomic mass is 10.3. The summed E-state index contributed by atoms with van der Waals surface area (Å²) in [5.41, 5.74) is 0.415. The third-order valence-corrected chi connectivity index (χ3v) is 1.36. The highest BCUT2D eigenvalue weighted by Gasteiger charge is 1.98. The first kappa shape index (κ1) is 11.7. The number of esters is 1. The number of unbranched alkanes of at least 4 members (excludes halogenated alkanes) is 1. The van der Waals surface area contributed by atoms with Crippen molar-refractivity contribution >= 4 is 5.97 Å². The van der Waals surface area contributed by atoms with Gasteiger partial charge in [0.2, 0.25) is 0 Å². The van der Waals surface area contributed by atoms with E-state index in [1.54, 1.807) is 6.92 Å². The molecular formula is C11H16O2. The molecular weight excluding hydrogens is 164 g/mol. The van der Waals surface area contributed by atoms with E-state index in [-0.39, 0.29) is 5.97 Å². The number of hydrogen-bond acceptors (Lipinski definition) is 2. The number of hydrogen-bond donors (Lipinski definition) is 0. The van der Waals surface area contributed by atoms with Crippen LogP contribution in [0.2, 0.25) is 0 Å². The molecule has 0 aromatic carbocycles. The van der Waals surface area contributed by atoms with Gasteiger partial charge in [-0.3, -0.25) is 0 Å². The summed E-state index contributed by atoms with van der Waals surface area (Å²) in [6, 6.07) is 0. The number of carbonyl (C=O) groups excluding carboxylic acids is 1. The Labute approximate surface area is 79.6 Å². The van der Waals surface area contributed by atoms with Crippen LogP contribution >= 0.6 is 0 Å². The monoisotopic (exact) mass is 180 g/mol. The molecule has 0 aromatic rings. The van der Waals surface area contributed by atoms with E-state index in [1.165, 1.54) is 6.26 Å². The van der Waals surface area contributed by atoms with Crippen molar-refractivity contribution < 1.29 is 9.53 Å². The quantitative estimate of drug-likeness (QED) is 0.214. The lowest BCUT2D eigenvalue weighted by Crippen LogP contribution is -1.98. The fourth-order valence-corrected chi connectivity index (χ4v) is 0.638. The molecule has 0 aliphatic carbocycles. The summed E-state index contributed by atoms with van der Waals surface area (Å²) in [5.74, 6) is -0.373. The molecule has 0 bridgehead atoms. The molecule has 0 fully saturated rings. The van der Waals surface area contributed by atoms with Gasteiger partial charge in [0.15, 0.2) is 0 Å². The molecule has 0 heterocycles. The van der Waals surface area contributed by atoms with Gasteiger partial charge in [0.05, 0.1) is 6.26 Å². The van der Waals surface area contributed by atoms with Crippen molar-refractivity contribution in [1.82, 2.24) is 0 Å². The Morgan fingerprint density at radius 1 is 1.38 bits per heavy atom. The van der Waals surface area contributed by atoms with Crippen molar-refractivity contribution in [1.29, 1.82) is 0 Å². The minimum absolute atomic E-state index is 0.373. The Bertz CT molecular complexity index is 224. The van der Waals surface area contributed by atoms with E-state index < -0.39 is 0 Å². The molecule has 0 unspecified atom stereocenters. The number of allylic oxidation sites excluding steroid dienone is 3. The van der Waals surface area contributed by atoms with E-state index in [2.05, 4.69) is 12.7 Å². The lowest BCUT2D eigenvalue weighted by Gasteiger charge is -1.95. The molecule has 0 N–H and O–H groups in total. The predicted molar refractivity (Wildman–Crippen MR) is 54.1 cm³/mol. The van der Waals surface area contributed by atoms with Gasteiger partial charge >= 0.3 is 5.97 Å². The minimum Gasteiger partial charge on any atom is -0.431 e. The van der Waals surface area contributed by atoms with E-state index in [1.807, 2.05) is 19.1 Å². The maximum atomic E-state index is 10.8. The lowest BCUT2D eigenvalue weighted by molar-refractivity contribution is -0.133. The summed E-state index contributed by atoms with van der Waals surface area (Å²) in [5, 5.41) is 0. The van der Waals surface area contributed by atoms with Gasteiger partial charge in [0.25, 0.3) is 0 Å². The number of ether oxygens (including phenoxy) is 1. The highest BCUT2D eigenvalue weighted by molar-refractivity contribution is 5.87. The second-order valence-electron chi connectivity index (χ2n) is 2.70. The average molecular weight is 180 g/mol. The van der Waals surface area contributed by atoms with Crippen molar-refractivity contribution in [3.63, 3.8) is 0 Å². The second-order valence-corrected chi connectivity index (χ2v) is 2.70. The zero-order valence-electron chi connectivity index (χ0n) is 8.25.